The highest BCUT2D eigenvalue weighted by atomic mass is 16.5. The van der Waals surface area contributed by atoms with Crippen LogP contribution in [-0.2, 0) is 11.8 Å². The molecule has 2 aromatic rings. The standard InChI is InChI=1S/C26H30N4O2/c1-5-12-26-13-14-29(2)23(15-19-8-11-21(32-4)16-22(19)26)24(26)30(3)25(31)28-20-9-6-18(17-27)7-10-20/h5-11,16,23-24H,1,12-15H2,2-4H3,(H,28,31). The van der Waals surface area contributed by atoms with E-state index in [0.717, 1.165) is 31.6 Å². The van der Waals surface area contributed by atoms with Crippen molar-refractivity contribution < 1.29 is 9.53 Å². The van der Waals surface area contributed by atoms with Crippen LogP contribution in [0, 0.1) is 11.3 Å². The number of piperidine rings is 1. The summed E-state index contributed by atoms with van der Waals surface area (Å²) in [5.41, 5.74) is 3.61. The largest absolute Gasteiger partial charge is 0.497 e. The molecule has 4 rings (SSSR count). The van der Waals surface area contributed by atoms with Gasteiger partial charge in [0, 0.05) is 24.2 Å². The van der Waals surface area contributed by atoms with Gasteiger partial charge < -0.3 is 19.9 Å². The highest BCUT2D eigenvalue weighted by Gasteiger charge is 2.54. The van der Waals surface area contributed by atoms with Crippen molar-refractivity contribution in [3.63, 3.8) is 0 Å². The molecule has 1 N–H and O–H groups in total. The zero-order valence-corrected chi connectivity index (χ0v) is 19.0. The second-order valence-corrected chi connectivity index (χ2v) is 8.85. The molecule has 0 saturated carbocycles. The molecule has 3 atom stereocenters. The fourth-order valence-corrected chi connectivity index (χ4v) is 5.59. The summed E-state index contributed by atoms with van der Waals surface area (Å²) in [6, 6.07) is 15.4. The summed E-state index contributed by atoms with van der Waals surface area (Å²) in [5, 5.41) is 12.0. The minimum Gasteiger partial charge on any atom is -0.497 e. The number of carbonyl (C=O) groups is 1. The van der Waals surface area contributed by atoms with Crippen molar-refractivity contribution >= 4 is 11.7 Å². The van der Waals surface area contributed by atoms with Crippen LogP contribution in [0.4, 0.5) is 10.5 Å². The number of hydrogen-bond acceptors (Lipinski definition) is 4. The van der Waals surface area contributed by atoms with Gasteiger partial charge in [0.25, 0.3) is 0 Å². The lowest BCUT2D eigenvalue weighted by Gasteiger charge is -2.58. The molecule has 1 aliphatic carbocycles. The van der Waals surface area contributed by atoms with Crippen molar-refractivity contribution in [3.8, 4) is 11.8 Å². The summed E-state index contributed by atoms with van der Waals surface area (Å²) in [6.45, 7) is 5.03. The van der Waals surface area contributed by atoms with Crippen molar-refractivity contribution in [3.05, 3.63) is 71.8 Å². The van der Waals surface area contributed by atoms with E-state index < -0.39 is 0 Å². The van der Waals surface area contributed by atoms with Gasteiger partial charge in [-0.15, -0.1) is 6.58 Å². The van der Waals surface area contributed by atoms with Gasteiger partial charge in [-0.3, -0.25) is 0 Å². The lowest BCUT2D eigenvalue weighted by atomic mass is 9.58. The monoisotopic (exact) mass is 430 g/mol. The number of nitrogens with one attached hydrogen (secondary N) is 1. The quantitative estimate of drug-likeness (QED) is 0.723. The van der Waals surface area contributed by atoms with Gasteiger partial charge in [-0.1, -0.05) is 12.1 Å². The van der Waals surface area contributed by atoms with Crippen LogP contribution in [-0.4, -0.2) is 55.7 Å². The fourth-order valence-electron chi connectivity index (χ4n) is 5.59. The summed E-state index contributed by atoms with van der Waals surface area (Å²) in [6.07, 6.45) is 4.59. The van der Waals surface area contributed by atoms with Crippen molar-refractivity contribution in [2.24, 2.45) is 0 Å². The van der Waals surface area contributed by atoms with Crippen molar-refractivity contribution in [2.75, 3.05) is 33.1 Å². The molecule has 6 heteroatoms. The molecule has 2 aliphatic rings. The highest BCUT2D eigenvalue weighted by molar-refractivity contribution is 5.89. The van der Waals surface area contributed by atoms with Crippen molar-refractivity contribution in [1.29, 1.82) is 5.26 Å². The second-order valence-electron chi connectivity index (χ2n) is 8.85. The Kier molecular flexibility index (Phi) is 5.94. The summed E-state index contributed by atoms with van der Waals surface area (Å²) in [4.78, 5) is 17.6. The summed E-state index contributed by atoms with van der Waals surface area (Å²) in [5.74, 6) is 0.841. The third kappa shape index (κ3) is 3.63. The van der Waals surface area contributed by atoms with E-state index in [1.807, 2.05) is 24.1 Å². The third-order valence-electron chi connectivity index (χ3n) is 7.20. The highest BCUT2D eigenvalue weighted by Crippen LogP contribution is 2.50. The minimum absolute atomic E-state index is 0.0164. The number of urea groups is 1. The lowest BCUT2D eigenvalue weighted by molar-refractivity contribution is 0.0142. The molecule has 0 aromatic heterocycles. The molecule has 2 bridgehead atoms. The van der Waals surface area contributed by atoms with E-state index in [1.54, 1.807) is 31.4 Å². The molecule has 166 valence electrons. The third-order valence-corrected chi connectivity index (χ3v) is 7.20. The van der Waals surface area contributed by atoms with Gasteiger partial charge >= 0.3 is 6.03 Å². The second kappa shape index (κ2) is 8.68. The molecule has 1 heterocycles. The Hall–Kier alpha value is -3.30. The van der Waals surface area contributed by atoms with E-state index in [1.165, 1.54) is 11.1 Å². The molecule has 6 nitrogen and oxygen atoms in total. The van der Waals surface area contributed by atoms with E-state index in [4.69, 9.17) is 10.00 Å². The number of allylic oxidation sites excluding steroid dienone is 1. The molecule has 0 spiro atoms. The number of carbonyl (C=O) groups excluding carboxylic acids is 1. The van der Waals surface area contributed by atoms with Crippen LogP contribution in [0.2, 0.25) is 0 Å². The van der Waals surface area contributed by atoms with Gasteiger partial charge in [0.05, 0.1) is 24.8 Å². The van der Waals surface area contributed by atoms with Gasteiger partial charge in [0.2, 0.25) is 0 Å². The molecule has 1 saturated heterocycles. The van der Waals surface area contributed by atoms with Crippen LogP contribution >= 0.6 is 0 Å². The zero-order chi connectivity index (χ0) is 22.9. The molecule has 1 aliphatic heterocycles. The van der Waals surface area contributed by atoms with E-state index in [2.05, 4.69) is 42.0 Å². The fraction of sp³-hybridized carbons (Fsp3) is 0.385. The molecule has 2 amide bonds. The van der Waals surface area contributed by atoms with Gasteiger partial charge in [0.15, 0.2) is 0 Å². The number of ether oxygens (including phenoxy) is 1. The number of nitrogens with zero attached hydrogens (tertiary/aromatic N) is 3. The maximum Gasteiger partial charge on any atom is 0.321 e. The Morgan fingerprint density at radius 1 is 1.38 bits per heavy atom. The van der Waals surface area contributed by atoms with E-state index in [-0.39, 0.29) is 23.5 Å². The molecule has 32 heavy (non-hydrogen) atoms. The van der Waals surface area contributed by atoms with Gasteiger partial charge in [0.1, 0.15) is 5.75 Å². The number of anilines is 1. The Labute approximate surface area is 190 Å². The van der Waals surface area contributed by atoms with Crippen LogP contribution in [0.15, 0.2) is 55.1 Å². The van der Waals surface area contributed by atoms with Gasteiger partial charge in [-0.2, -0.15) is 5.26 Å². The predicted octanol–water partition coefficient (Wildman–Crippen LogP) is 4.17. The average Bonchev–Trinajstić information content (AvgIpc) is 2.81. The van der Waals surface area contributed by atoms with E-state index in [0.29, 0.717) is 11.3 Å². The summed E-state index contributed by atoms with van der Waals surface area (Å²) < 4.78 is 5.55. The molecular weight excluding hydrogens is 400 g/mol. The number of amides is 2. The Morgan fingerprint density at radius 3 is 2.78 bits per heavy atom. The van der Waals surface area contributed by atoms with Gasteiger partial charge in [-0.25, -0.2) is 4.79 Å². The Bertz CT molecular complexity index is 1060. The van der Waals surface area contributed by atoms with E-state index >= 15 is 0 Å². The van der Waals surface area contributed by atoms with Crippen LogP contribution in [0.1, 0.15) is 29.5 Å². The topological polar surface area (TPSA) is 68.6 Å². The van der Waals surface area contributed by atoms with Gasteiger partial charge in [-0.05, 0) is 80.4 Å². The molecule has 2 aromatic carbocycles. The lowest BCUT2D eigenvalue weighted by Crippen LogP contribution is -2.68. The van der Waals surface area contributed by atoms with Crippen LogP contribution in [0.25, 0.3) is 0 Å². The number of likely N-dealkylation sites (tertiary alicyclic amines) is 1. The number of likely N-dealkylation sites (N-methyl/N-ethyl adjacent to an activating group) is 2. The normalized spacial score (nSPS) is 24.1. The Morgan fingerprint density at radius 2 is 2.12 bits per heavy atom. The minimum atomic E-state index is -0.224. The number of rotatable bonds is 5. The molecule has 3 unspecified atom stereocenters. The first-order valence-electron chi connectivity index (χ1n) is 11.0. The van der Waals surface area contributed by atoms with Crippen LogP contribution in [0.3, 0.4) is 0 Å². The number of fused-ring (bicyclic) bond motifs is 4. The Balaban J connectivity index is 1.72. The SMILES string of the molecule is C=CCC12CCN(C)C(Cc3ccc(OC)cc31)C2N(C)C(=O)Nc1ccc(C#N)cc1. The smallest absolute Gasteiger partial charge is 0.321 e. The van der Waals surface area contributed by atoms with Crippen molar-refractivity contribution in [2.45, 2.75) is 36.8 Å². The zero-order valence-electron chi connectivity index (χ0n) is 19.0. The number of benzene rings is 2. The van der Waals surface area contributed by atoms with Crippen molar-refractivity contribution in [1.82, 2.24) is 9.80 Å². The summed E-state index contributed by atoms with van der Waals surface area (Å²) >= 11 is 0. The first-order chi connectivity index (χ1) is 15.4. The van der Waals surface area contributed by atoms with Crippen LogP contribution < -0.4 is 10.1 Å². The summed E-state index contributed by atoms with van der Waals surface area (Å²) in [7, 11) is 5.73. The maximum absolute atomic E-state index is 13.4. The maximum atomic E-state index is 13.4. The number of nitriles is 1. The number of hydrogen-bond donors (Lipinski definition) is 1. The van der Waals surface area contributed by atoms with E-state index in [9.17, 15) is 4.79 Å². The predicted molar refractivity (Wildman–Crippen MR) is 126 cm³/mol. The number of methoxy groups -OCH3 is 1. The first-order valence-corrected chi connectivity index (χ1v) is 11.0. The average molecular weight is 431 g/mol. The molecule has 1 fully saturated rings. The molecule has 0 radical (unpaired) electrons. The first kappa shape index (κ1) is 21.9. The van der Waals surface area contributed by atoms with Crippen LogP contribution in [0.5, 0.6) is 5.75 Å². The molecular formula is C26H30N4O2.